The first-order valence-electron chi connectivity index (χ1n) is 9.07. The lowest BCUT2D eigenvalue weighted by Crippen LogP contribution is -2.47. The number of piperidine rings is 1. The first-order chi connectivity index (χ1) is 12.8. The minimum absolute atomic E-state index is 0.0549. The smallest absolute Gasteiger partial charge is 0.409 e. The lowest BCUT2D eigenvalue weighted by atomic mass is 10.1. The summed E-state index contributed by atoms with van der Waals surface area (Å²) in [4.78, 5) is 37.6. The van der Waals surface area contributed by atoms with Gasteiger partial charge in [-0.1, -0.05) is 17.7 Å². The molecule has 148 valence electrons. The largest absolute Gasteiger partial charge is 0.450 e. The number of ether oxygens (including phenoxy) is 1. The number of aryl methyl sites for hydroxylation is 2. The van der Waals surface area contributed by atoms with Crippen LogP contribution in [0, 0.1) is 13.8 Å². The van der Waals surface area contributed by atoms with E-state index in [1.165, 1.54) is 0 Å². The Kier molecular flexibility index (Phi) is 7.47. The van der Waals surface area contributed by atoms with Crippen molar-refractivity contribution >= 4 is 35.2 Å². The van der Waals surface area contributed by atoms with Crippen molar-refractivity contribution in [2.24, 2.45) is 0 Å². The molecule has 3 amide bonds. The molecule has 0 radical (unpaired) electrons. The quantitative estimate of drug-likeness (QED) is 0.750. The Balaban J connectivity index is 1.79. The second kappa shape index (κ2) is 9.60. The minimum Gasteiger partial charge on any atom is -0.450 e. The molecular formula is C19H26ClN3O4. The van der Waals surface area contributed by atoms with Gasteiger partial charge < -0.3 is 20.3 Å². The van der Waals surface area contributed by atoms with Crippen molar-refractivity contribution in [3.8, 4) is 0 Å². The van der Waals surface area contributed by atoms with Crippen LogP contribution in [0.3, 0.4) is 0 Å². The Hall–Kier alpha value is -2.28. The van der Waals surface area contributed by atoms with Crippen molar-refractivity contribution in [1.82, 2.24) is 10.2 Å². The summed E-state index contributed by atoms with van der Waals surface area (Å²) in [6, 6.07) is 3.63. The molecule has 27 heavy (non-hydrogen) atoms. The minimum atomic E-state index is -0.412. The van der Waals surface area contributed by atoms with Crippen molar-refractivity contribution < 1.29 is 19.1 Å². The van der Waals surface area contributed by atoms with Crippen LogP contribution in [0.25, 0.3) is 0 Å². The van der Waals surface area contributed by atoms with Crippen LogP contribution in [0.4, 0.5) is 10.5 Å². The third kappa shape index (κ3) is 6.13. The number of anilines is 1. The zero-order valence-corrected chi connectivity index (χ0v) is 16.7. The van der Waals surface area contributed by atoms with Gasteiger partial charge in [0, 0.05) is 19.1 Å². The Labute approximate surface area is 164 Å². The van der Waals surface area contributed by atoms with Crippen LogP contribution in [0.15, 0.2) is 12.1 Å². The number of likely N-dealkylation sites (tertiary alicyclic amines) is 1. The van der Waals surface area contributed by atoms with E-state index in [-0.39, 0.29) is 24.5 Å². The van der Waals surface area contributed by atoms with E-state index in [0.29, 0.717) is 43.2 Å². The van der Waals surface area contributed by atoms with Crippen molar-refractivity contribution in [3.63, 3.8) is 0 Å². The molecule has 1 fully saturated rings. The number of benzene rings is 1. The Morgan fingerprint density at radius 2 is 1.85 bits per heavy atom. The number of carbonyl (C=O) groups excluding carboxylic acids is 3. The fraction of sp³-hybridized carbons (Fsp3) is 0.526. The molecule has 7 nitrogen and oxygen atoms in total. The van der Waals surface area contributed by atoms with Gasteiger partial charge in [-0.25, -0.2) is 4.79 Å². The molecule has 8 heteroatoms. The third-order valence-corrected chi connectivity index (χ3v) is 4.70. The summed E-state index contributed by atoms with van der Waals surface area (Å²) in [5, 5.41) is 6.01. The van der Waals surface area contributed by atoms with Crippen LogP contribution in [0.2, 0.25) is 5.02 Å². The van der Waals surface area contributed by atoms with Gasteiger partial charge in [0.15, 0.2) is 0 Å². The van der Waals surface area contributed by atoms with Crippen LogP contribution < -0.4 is 10.6 Å². The fourth-order valence-corrected chi connectivity index (χ4v) is 3.47. The van der Waals surface area contributed by atoms with Crippen LogP contribution in [-0.2, 0) is 14.3 Å². The number of hydrogen-bond donors (Lipinski definition) is 2. The van der Waals surface area contributed by atoms with Gasteiger partial charge in [-0.05, 0) is 50.8 Å². The monoisotopic (exact) mass is 395 g/mol. The van der Waals surface area contributed by atoms with Crippen LogP contribution in [0.1, 0.15) is 37.3 Å². The maximum atomic E-state index is 12.2. The maximum absolute atomic E-state index is 12.2. The van der Waals surface area contributed by atoms with Gasteiger partial charge in [0.05, 0.1) is 17.3 Å². The molecule has 0 atom stereocenters. The lowest BCUT2D eigenvalue weighted by molar-refractivity contribution is -0.127. The second-order valence-electron chi connectivity index (χ2n) is 6.69. The molecule has 0 saturated carbocycles. The number of rotatable bonds is 5. The molecule has 1 saturated heterocycles. The van der Waals surface area contributed by atoms with Crippen LogP contribution >= 0.6 is 11.6 Å². The zero-order valence-electron chi connectivity index (χ0n) is 15.9. The lowest BCUT2D eigenvalue weighted by Gasteiger charge is -2.31. The van der Waals surface area contributed by atoms with E-state index in [1.807, 2.05) is 19.9 Å². The van der Waals surface area contributed by atoms with Gasteiger partial charge in [0.1, 0.15) is 6.42 Å². The van der Waals surface area contributed by atoms with Gasteiger partial charge >= 0.3 is 6.09 Å². The highest BCUT2D eigenvalue weighted by Gasteiger charge is 2.25. The highest BCUT2D eigenvalue weighted by molar-refractivity contribution is 6.34. The normalized spacial score (nSPS) is 14.6. The first-order valence-corrected chi connectivity index (χ1v) is 9.45. The fourth-order valence-electron chi connectivity index (χ4n) is 3.10. The summed E-state index contributed by atoms with van der Waals surface area (Å²) in [7, 11) is 0. The molecule has 1 aromatic rings. The number of nitrogens with zero attached hydrogens (tertiary/aromatic N) is 1. The van der Waals surface area contributed by atoms with E-state index in [9.17, 15) is 14.4 Å². The third-order valence-electron chi connectivity index (χ3n) is 4.40. The molecular weight excluding hydrogens is 370 g/mol. The average Bonchev–Trinajstić information content (AvgIpc) is 2.58. The van der Waals surface area contributed by atoms with Crippen molar-refractivity contribution in [1.29, 1.82) is 0 Å². The summed E-state index contributed by atoms with van der Waals surface area (Å²) in [5.41, 5.74) is 2.38. The standard InChI is InChI=1S/C19H26ClN3O4/c1-4-27-19(26)23-7-5-14(6-8-23)21-16(24)11-17(25)22-18-13(3)9-12(2)10-15(18)20/h9-10,14H,4-8,11H2,1-3H3,(H,21,24)(H,22,25). The summed E-state index contributed by atoms with van der Waals surface area (Å²) in [6.07, 6.45) is 0.665. The number of carbonyl (C=O) groups is 3. The predicted octanol–water partition coefficient (Wildman–Crippen LogP) is 3.02. The van der Waals surface area contributed by atoms with E-state index in [2.05, 4.69) is 10.6 Å². The molecule has 0 aromatic heterocycles. The molecule has 0 bridgehead atoms. The summed E-state index contributed by atoms with van der Waals surface area (Å²) in [5.74, 6) is -0.756. The molecule has 1 heterocycles. The van der Waals surface area contributed by atoms with Gasteiger partial charge in [-0.2, -0.15) is 0 Å². The highest BCUT2D eigenvalue weighted by atomic mass is 35.5. The van der Waals surface area contributed by atoms with Gasteiger partial charge in [0.2, 0.25) is 11.8 Å². The Morgan fingerprint density at radius 3 is 2.44 bits per heavy atom. The van der Waals surface area contributed by atoms with Gasteiger partial charge in [-0.15, -0.1) is 0 Å². The summed E-state index contributed by atoms with van der Waals surface area (Å²) in [6.45, 7) is 6.93. The number of amides is 3. The highest BCUT2D eigenvalue weighted by Crippen LogP contribution is 2.27. The van der Waals surface area contributed by atoms with E-state index < -0.39 is 5.91 Å². The molecule has 2 rings (SSSR count). The first kappa shape index (κ1) is 21.0. The van der Waals surface area contributed by atoms with Crippen molar-refractivity contribution in [2.45, 2.75) is 46.1 Å². The number of hydrogen-bond acceptors (Lipinski definition) is 4. The Morgan fingerprint density at radius 1 is 1.19 bits per heavy atom. The van der Waals surface area contributed by atoms with Crippen molar-refractivity contribution in [2.75, 3.05) is 25.0 Å². The predicted molar refractivity (Wildman–Crippen MR) is 104 cm³/mol. The topological polar surface area (TPSA) is 87.7 Å². The second-order valence-corrected chi connectivity index (χ2v) is 7.10. The van der Waals surface area contributed by atoms with Crippen LogP contribution in [-0.4, -0.2) is 48.5 Å². The summed E-state index contributed by atoms with van der Waals surface area (Å²) >= 11 is 6.17. The number of nitrogens with one attached hydrogen (secondary N) is 2. The molecule has 0 unspecified atom stereocenters. The molecule has 0 aliphatic carbocycles. The molecule has 0 spiro atoms. The van der Waals surface area contributed by atoms with E-state index in [0.717, 1.165) is 11.1 Å². The maximum Gasteiger partial charge on any atom is 0.409 e. The van der Waals surface area contributed by atoms with Crippen LogP contribution in [0.5, 0.6) is 0 Å². The molecule has 1 aliphatic heterocycles. The van der Waals surface area contributed by atoms with Crippen molar-refractivity contribution in [3.05, 3.63) is 28.3 Å². The average molecular weight is 396 g/mol. The zero-order chi connectivity index (χ0) is 20.0. The SMILES string of the molecule is CCOC(=O)N1CCC(NC(=O)CC(=O)Nc2c(C)cc(C)cc2Cl)CC1. The molecule has 2 N–H and O–H groups in total. The van der Waals surface area contributed by atoms with E-state index in [4.69, 9.17) is 16.3 Å². The van der Waals surface area contributed by atoms with E-state index >= 15 is 0 Å². The van der Waals surface area contributed by atoms with E-state index in [1.54, 1.807) is 17.9 Å². The molecule has 1 aliphatic rings. The summed E-state index contributed by atoms with van der Waals surface area (Å²) < 4.78 is 4.97. The Bertz CT molecular complexity index is 692. The molecule has 1 aromatic carbocycles. The number of halogens is 1. The van der Waals surface area contributed by atoms with Gasteiger partial charge in [0.25, 0.3) is 0 Å². The van der Waals surface area contributed by atoms with Gasteiger partial charge in [-0.3, -0.25) is 9.59 Å².